The van der Waals surface area contributed by atoms with Gasteiger partial charge in [-0.05, 0) is 59.7 Å². The Labute approximate surface area is 139 Å². The van der Waals surface area contributed by atoms with Crippen LogP contribution in [0.2, 0.25) is 0 Å². The first-order chi connectivity index (χ1) is 11.6. The summed E-state index contributed by atoms with van der Waals surface area (Å²) >= 11 is 0. The van der Waals surface area contributed by atoms with E-state index < -0.39 is 12.1 Å². The van der Waals surface area contributed by atoms with E-state index >= 15 is 0 Å². The summed E-state index contributed by atoms with van der Waals surface area (Å²) in [6, 6.07) is 12.1. The number of aromatic hydroxyl groups is 1. The average molecular weight is 323 g/mol. The van der Waals surface area contributed by atoms with E-state index in [0.29, 0.717) is 5.75 Å². The van der Waals surface area contributed by atoms with Crippen LogP contribution in [0.4, 0.5) is 0 Å². The van der Waals surface area contributed by atoms with Gasteiger partial charge in [-0.1, -0.05) is 6.07 Å². The molecule has 2 aromatic carbocycles. The summed E-state index contributed by atoms with van der Waals surface area (Å²) in [5, 5.41) is 11.7. The Morgan fingerprint density at radius 3 is 2.54 bits per heavy atom. The van der Waals surface area contributed by atoms with Crippen molar-refractivity contribution in [1.29, 1.82) is 0 Å². The molecule has 0 aliphatic heterocycles. The van der Waals surface area contributed by atoms with Crippen molar-refractivity contribution in [2.24, 2.45) is 0 Å². The number of hydrogen-bond donors (Lipinski definition) is 1. The van der Waals surface area contributed by atoms with Gasteiger partial charge in [-0.15, -0.1) is 0 Å². The fourth-order valence-electron chi connectivity index (χ4n) is 2.48. The molecule has 0 unspecified atom stereocenters. The molecule has 0 amide bonds. The van der Waals surface area contributed by atoms with Crippen molar-refractivity contribution in [2.75, 3.05) is 7.11 Å². The SMILES string of the molecule is COc1ccc2cc(O)c(C(=O)O[C@@H](C)c3ccncc3)cc2c1. The largest absolute Gasteiger partial charge is 0.507 e. The fraction of sp³-hybridized carbons (Fsp3) is 0.158. The van der Waals surface area contributed by atoms with E-state index in [2.05, 4.69) is 4.98 Å². The molecule has 0 fully saturated rings. The molecule has 1 N–H and O–H groups in total. The molecule has 1 heterocycles. The first kappa shape index (κ1) is 15.8. The molecule has 0 saturated carbocycles. The molecule has 1 aromatic heterocycles. The van der Waals surface area contributed by atoms with Gasteiger partial charge in [0.1, 0.15) is 23.2 Å². The number of benzene rings is 2. The topological polar surface area (TPSA) is 68.7 Å². The van der Waals surface area contributed by atoms with Gasteiger partial charge in [-0.3, -0.25) is 4.98 Å². The highest BCUT2D eigenvalue weighted by Crippen LogP contribution is 2.29. The zero-order chi connectivity index (χ0) is 17.1. The summed E-state index contributed by atoms with van der Waals surface area (Å²) in [7, 11) is 1.58. The predicted molar refractivity (Wildman–Crippen MR) is 90.2 cm³/mol. The third-order valence-corrected chi connectivity index (χ3v) is 3.84. The normalized spacial score (nSPS) is 11.9. The van der Waals surface area contributed by atoms with Crippen LogP contribution in [0, 0.1) is 0 Å². The van der Waals surface area contributed by atoms with Crippen LogP contribution in [0.5, 0.6) is 11.5 Å². The lowest BCUT2D eigenvalue weighted by Crippen LogP contribution is -2.09. The molecule has 1 atom stereocenters. The van der Waals surface area contributed by atoms with Gasteiger partial charge in [0, 0.05) is 12.4 Å². The molecule has 0 spiro atoms. The number of pyridine rings is 1. The van der Waals surface area contributed by atoms with Gasteiger partial charge in [0.05, 0.1) is 7.11 Å². The lowest BCUT2D eigenvalue weighted by Gasteiger charge is -2.14. The molecule has 0 bridgehead atoms. The zero-order valence-electron chi connectivity index (χ0n) is 13.4. The van der Waals surface area contributed by atoms with Gasteiger partial charge < -0.3 is 14.6 Å². The Kier molecular flexibility index (Phi) is 4.33. The number of esters is 1. The van der Waals surface area contributed by atoms with E-state index in [0.717, 1.165) is 16.3 Å². The minimum absolute atomic E-state index is 0.111. The summed E-state index contributed by atoms with van der Waals surface area (Å²) in [6.45, 7) is 1.77. The maximum Gasteiger partial charge on any atom is 0.342 e. The van der Waals surface area contributed by atoms with E-state index in [4.69, 9.17) is 9.47 Å². The van der Waals surface area contributed by atoms with Crippen LogP contribution < -0.4 is 4.74 Å². The van der Waals surface area contributed by atoms with Gasteiger partial charge >= 0.3 is 5.97 Å². The Balaban J connectivity index is 1.90. The lowest BCUT2D eigenvalue weighted by molar-refractivity contribution is 0.0334. The highest BCUT2D eigenvalue weighted by atomic mass is 16.5. The Morgan fingerprint density at radius 1 is 1.08 bits per heavy atom. The summed E-state index contributed by atoms with van der Waals surface area (Å²) in [4.78, 5) is 16.4. The molecular weight excluding hydrogens is 306 g/mol. The highest BCUT2D eigenvalue weighted by molar-refractivity contribution is 5.99. The van der Waals surface area contributed by atoms with Crippen LogP contribution in [-0.2, 0) is 4.74 Å². The number of ether oxygens (including phenoxy) is 2. The van der Waals surface area contributed by atoms with Crippen molar-refractivity contribution in [1.82, 2.24) is 4.98 Å². The number of carbonyl (C=O) groups is 1. The molecule has 5 heteroatoms. The second-order valence-electron chi connectivity index (χ2n) is 5.41. The third-order valence-electron chi connectivity index (χ3n) is 3.84. The number of rotatable bonds is 4. The van der Waals surface area contributed by atoms with Crippen molar-refractivity contribution in [3.05, 3.63) is 66.0 Å². The molecule has 0 aliphatic carbocycles. The maximum absolute atomic E-state index is 12.4. The number of phenolic OH excluding ortho intramolecular Hbond substituents is 1. The lowest BCUT2D eigenvalue weighted by atomic mass is 10.1. The Morgan fingerprint density at radius 2 is 1.83 bits per heavy atom. The smallest absolute Gasteiger partial charge is 0.342 e. The van der Waals surface area contributed by atoms with Gasteiger partial charge in [-0.25, -0.2) is 4.79 Å². The van der Waals surface area contributed by atoms with Crippen molar-refractivity contribution in [3.8, 4) is 11.5 Å². The van der Waals surface area contributed by atoms with Crippen LogP contribution in [-0.4, -0.2) is 23.2 Å². The monoisotopic (exact) mass is 323 g/mol. The van der Waals surface area contributed by atoms with E-state index in [1.54, 1.807) is 62.8 Å². The van der Waals surface area contributed by atoms with Crippen LogP contribution in [0.15, 0.2) is 54.9 Å². The molecule has 0 aliphatic rings. The van der Waals surface area contributed by atoms with Crippen LogP contribution >= 0.6 is 0 Å². The molecule has 3 rings (SSSR count). The summed E-state index contributed by atoms with van der Waals surface area (Å²) in [6.07, 6.45) is 2.83. The predicted octanol–water partition coefficient (Wildman–Crippen LogP) is 3.87. The second kappa shape index (κ2) is 6.58. The van der Waals surface area contributed by atoms with Crippen molar-refractivity contribution < 1.29 is 19.4 Å². The average Bonchev–Trinajstić information content (AvgIpc) is 2.61. The van der Waals surface area contributed by atoms with Gasteiger partial charge in [0.15, 0.2) is 0 Å². The van der Waals surface area contributed by atoms with Crippen LogP contribution in [0.1, 0.15) is 28.9 Å². The van der Waals surface area contributed by atoms with Crippen LogP contribution in [0.3, 0.4) is 0 Å². The number of hydrogen-bond acceptors (Lipinski definition) is 5. The number of carbonyl (C=O) groups excluding carboxylic acids is 1. The van der Waals surface area contributed by atoms with Gasteiger partial charge in [0.25, 0.3) is 0 Å². The highest BCUT2D eigenvalue weighted by Gasteiger charge is 2.18. The number of fused-ring (bicyclic) bond motifs is 1. The fourth-order valence-corrected chi connectivity index (χ4v) is 2.48. The van der Waals surface area contributed by atoms with Crippen LogP contribution in [0.25, 0.3) is 10.8 Å². The van der Waals surface area contributed by atoms with Crippen molar-refractivity contribution in [2.45, 2.75) is 13.0 Å². The first-order valence-corrected chi connectivity index (χ1v) is 7.50. The van der Waals surface area contributed by atoms with E-state index in [1.807, 2.05) is 6.07 Å². The maximum atomic E-state index is 12.4. The third kappa shape index (κ3) is 3.15. The van der Waals surface area contributed by atoms with Gasteiger partial charge in [-0.2, -0.15) is 0 Å². The quantitative estimate of drug-likeness (QED) is 0.738. The Hall–Kier alpha value is -3.08. The molecular formula is C19H17NO4. The number of nitrogens with zero attached hydrogens (tertiary/aromatic N) is 1. The van der Waals surface area contributed by atoms with E-state index in [-0.39, 0.29) is 11.3 Å². The molecule has 24 heavy (non-hydrogen) atoms. The van der Waals surface area contributed by atoms with Crippen molar-refractivity contribution >= 4 is 16.7 Å². The van der Waals surface area contributed by atoms with Crippen molar-refractivity contribution in [3.63, 3.8) is 0 Å². The molecule has 0 saturated heterocycles. The van der Waals surface area contributed by atoms with Gasteiger partial charge in [0.2, 0.25) is 0 Å². The van der Waals surface area contributed by atoms with E-state index in [1.165, 1.54) is 0 Å². The molecule has 5 nitrogen and oxygen atoms in total. The molecule has 0 radical (unpaired) electrons. The first-order valence-electron chi connectivity index (χ1n) is 7.50. The standard InChI is InChI=1S/C19H17NO4/c1-12(13-5-7-20-8-6-13)24-19(22)17-10-15-9-16(23-2)4-3-14(15)11-18(17)21/h3-12,21H,1-2H3/t12-/m0/s1. The minimum atomic E-state index is -0.582. The number of phenols is 1. The van der Waals surface area contributed by atoms with E-state index in [9.17, 15) is 9.90 Å². The summed E-state index contributed by atoms with van der Waals surface area (Å²) in [5.41, 5.74) is 0.956. The number of methoxy groups -OCH3 is 1. The minimum Gasteiger partial charge on any atom is -0.507 e. The zero-order valence-corrected chi connectivity index (χ0v) is 13.4. The Bertz CT molecular complexity index is 877. The second-order valence-corrected chi connectivity index (χ2v) is 5.41. The molecule has 122 valence electrons. The number of aromatic nitrogens is 1. The summed E-state index contributed by atoms with van der Waals surface area (Å²) < 4.78 is 10.6. The molecule has 3 aromatic rings. The summed E-state index contributed by atoms with van der Waals surface area (Å²) in [5.74, 6) is -0.0150.